The first kappa shape index (κ1) is 15.2. The minimum atomic E-state index is -0.435. The number of aromatic nitrogens is 1. The topological polar surface area (TPSA) is 40.8 Å². The van der Waals surface area contributed by atoms with Gasteiger partial charge in [-0.15, -0.1) is 0 Å². The van der Waals surface area contributed by atoms with E-state index in [0.717, 1.165) is 30.8 Å². The molecule has 0 bridgehead atoms. The number of nitrogens with one attached hydrogen (secondary N) is 1. The Hall–Kier alpha value is -2.21. The van der Waals surface area contributed by atoms with Crippen LogP contribution in [0.1, 0.15) is 38.3 Å². The fraction of sp³-hybridized carbons (Fsp3) is 0.389. The highest BCUT2D eigenvalue weighted by atomic mass is 14.9. The molecule has 0 atom stereocenters. The summed E-state index contributed by atoms with van der Waals surface area (Å²) in [5, 5.41) is 12.6. The molecule has 3 nitrogen and oxygen atoms in total. The Balaban J connectivity index is 1.96. The summed E-state index contributed by atoms with van der Waals surface area (Å²) in [5.74, 6) is 0. The lowest BCUT2D eigenvalue weighted by Gasteiger charge is -2.16. The molecule has 0 spiro atoms. The van der Waals surface area contributed by atoms with Crippen molar-refractivity contribution >= 4 is 5.69 Å². The standard InChI is InChI=1S/C18H23N3/c1-4-10-21-11-9-15(13-21)12-20-17-7-5-16(6-8-17)18(2,3)14-19/h5-9,11,13,20H,4,10,12H2,1-3H3. The van der Waals surface area contributed by atoms with Crippen molar-refractivity contribution in [2.45, 2.75) is 45.7 Å². The zero-order chi connectivity index (χ0) is 15.3. The number of nitrogens with zero attached hydrogens (tertiary/aromatic N) is 2. The molecule has 0 unspecified atom stereocenters. The van der Waals surface area contributed by atoms with E-state index in [1.165, 1.54) is 5.56 Å². The van der Waals surface area contributed by atoms with E-state index < -0.39 is 5.41 Å². The molecule has 2 aromatic rings. The van der Waals surface area contributed by atoms with E-state index in [4.69, 9.17) is 5.26 Å². The smallest absolute Gasteiger partial charge is 0.0766 e. The van der Waals surface area contributed by atoms with Gasteiger partial charge in [-0.3, -0.25) is 0 Å². The van der Waals surface area contributed by atoms with Crippen LogP contribution in [0.2, 0.25) is 0 Å². The van der Waals surface area contributed by atoms with Gasteiger partial charge in [0.25, 0.3) is 0 Å². The second-order valence-electron chi connectivity index (χ2n) is 5.93. The summed E-state index contributed by atoms with van der Waals surface area (Å²) in [6, 6.07) is 12.6. The molecule has 0 aliphatic carbocycles. The third kappa shape index (κ3) is 3.88. The zero-order valence-corrected chi connectivity index (χ0v) is 13.1. The predicted octanol–water partition coefficient (Wildman–Crippen LogP) is 4.31. The number of hydrogen-bond donors (Lipinski definition) is 1. The summed E-state index contributed by atoms with van der Waals surface area (Å²) < 4.78 is 2.22. The lowest BCUT2D eigenvalue weighted by molar-refractivity contribution is 0.681. The first-order valence-electron chi connectivity index (χ1n) is 7.45. The van der Waals surface area contributed by atoms with Crippen molar-refractivity contribution in [1.82, 2.24) is 4.57 Å². The van der Waals surface area contributed by atoms with Crippen LogP contribution in [-0.2, 0) is 18.5 Å². The monoisotopic (exact) mass is 281 g/mol. The van der Waals surface area contributed by atoms with Crippen LogP contribution in [0.3, 0.4) is 0 Å². The number of aryl methyl sites for hydroxylation is 1. The van der Waals surface area contributed by atoms with E-state index in [1.54, 1.807) is 0 Å². The molecule has 1 heterocycles. The van der Waals surface area contributed by atoms with E-state index >= 15 is 0 Å². The van der Waals surface area contributed by atoms with Gasteiger partial charge < -0.3 is 9.88 Å². The molecule has 0 amide bonds. The van der Waals surface area contributed by atoms with Crippen LogP contribution in [0.4, 0.5) is 5.69 Å². The lowest BCUT2D eigenvalue weighted by Crippen LogP contribution is -2.13. The number of hydrogen-bond acceptors (Lipinski definition) is 2. The van der Waals surface area contributed by atoms with Crippen LogP contribution in [-0.4, -0.2) is 4.57 Å². The fourth-order valence-electron chi connectivity index (χ4n) is 2.27. The van der Waals surface area contributed by atoms with Crippen LogP contribution in [0.15, 0.2) is 42.7 Å². The Morgan fingerprint density at radius 3 is 2.52 bits per heavy atom. The maximum Gasteiger partial charge on any atom is 0.0766 e. The Morgan fingerprint density at radius 1 is 1.19 bits per heavy atom. The van der Waals surface area contributed by atoms with E-state index in [9.17, 15) is 0 Å². The lowest BCUT2D eigenvalue weighted by atomic mass is 9.86. The summed E-state index contributed by atoms with van der Waals surface area (Å²) >= 11 is 0. The molecule has 3 heteroatoms. The van der Waals surface area contributed by atoms with Crippen molar-refractivity contribution in [3.63, 3.8) is 0 Å². The van der Waals surface area contributed by atoms with Gasteiger partial charge in [-0.25, -0.2) is 0 Å². The predicted molar refractivity (Wildman–Crippen MR) is 87.1 cm³/mol. The number of rotatable bonds is 6. The molecule has 1 aromatic heterocycles. The summed E-state index contributed by atoms with van der Waals surface area (Å²) in [4.78, 5) is 0. The second kappa shape index (κ2) is 6.49. The normalized spacial score (nSPS) is 11.1. The van der Waals surface area contributed by atoms with Gasteiger partial charge in [-0.05, 0) is 49.6 Å². The maximum atomic E-state index is 9.15. The van der Waals surface area contributed by atoms with E-state index in [2.05, 4.69) is 41.3 Å². The molecule has 1 N–H and O–H groups in total. The first-order chi connectivity index (χ1) is 10.0. The number of anilines is 1. The average molecular weight is 281 g/mol. The summed E-state index contributed by atoms with van der Waals surface area (Å²) in [6.45, 7) is 7.94. The Kier molecular flexibility index (Phi) is 4.70. The number of nitriles is 1. The highest BCUT2D eigenvalue weighted by molar-refractivity contribution is 5.47. The zero-order valence-electron chi connectivity index (χ0n) is 13.1. The molecule has 0 saturated heterocycles. The van der Waals surface area contributed by atoms with Crippen molar-refractivity contribution in [3.05, 3.63) is 53.9 Å². The quantitative estimate of drug-likeness (QED) is 0.857. The van der Waals surface area contributed by atoms with Crippen molar-refractivity contribution in [2.24, 2.45) is 0 Å². The summed E-state index contributed by atoms with van der Waals surface area (Å²) in [7, 11) is 0. The molecular formula is C18H23N3. The van der Waals surface area contributed by atoms with Crippen molar-refractivity contribution in [1.29, 1.82) is 5.26 Å². The van der Waals surface area contributed by atoms with Crippen LogP contribution in [0.25, 0.3) is 0 Å². The molecule has 2 rings (SSSR count). The minimum Gasteiger partial charge on any atom is -0.381 e. The molecule has 110 valence electrons. The summed E-state index contributed by atoms with van der Waals surface area (Å²) in [5.41, 5.74) is 2.97. The highest BCUT2D eigenvalue weighted by Crippen LogP contribution is 2.23. The molecule has 0 saturated carbocycles. The molecule has 21 heavy (non-hydrogen) atoms. The molecule has 0 fully saturated rings. The second-order valence-corrected chi connectivity index (χ2v) is 5.93. The van der Waals surface area contributed by atoms with E-state index in [0.29, 0.717) is 0 Å². The Labute approximate surface area is 127 Å². The van der Waals surface area contributed by atoms with E-state index in [-0.39, 0.29) is 0 Å². The molecular weight excluding hydrogens is 258 g/mol. The van der Waals surface area contributed by atoms with Crippen molar-refractivity contribution < 1.29 is 0 Å². The van der Waals surface area contributed by atoms with E-state index in [1.807, 2.05) is 38.1 Å². The number of benzene rings is 1. The fourth-order valence-corrected chi connectivity index (χ4v) is 2.27. The third-order valence-corrected chi connectivity index (χ3v) is 3.68. The van der Waals surface area contributed by atoms with Gasteiger partial charge in [0.05, 0.1) is 11.5 Å². The van der Waals surface area contributed by atoms with Gasteiger partial charge in [0.15, 0.2) is 0 Å². The van der Waals surface area contributed by atoms with Gasteiger partial charge in [-0.1, -0.05) is 19.1 Å². The average Bonchev–Trinajstić information content (AvgIpc) is 2.94. The Morgan fingerprint density at radius 2 is 1.90 bits per heavy atom. The van der Waals surface area contributed by atoms with Crippen LogP contribution >= 0.6 is 0 Å². The van der Waals surface area contributed by atoms with Gasteiger partial charge in [0.2, 0.25) is 0 Å². The molecule has 0 aliphatic rings. The van der Waals surface area contributed by atoms with Crippen LogP contribution < -0.4 is 5.32 Å². The minimum absolute atomic E-state index is 0.435. The maximum absolute atomic E-state index is 9.15. The van der Waals surface area contributed by atoms with Gasteiger partial charge >= 0.3 is 0 Å². The SMILES string of the molecule is CCCn1ccc(CNc2ccc(C(C)(C)C#N)cc2)c1. The highest BCUT2D eigenvalue weighted by Gasteiger charge is 2.18. The van der Waals surface area contributed by atoms with Crippen LogP contribution in [0, 0.1) is 11.3 Å². The van der Waals surface area contributed by atoms with Crippen LogP contribution in [0.5, 0.6) is 0 Å². The molecule has 0 radical (unpaired) electrons. The molecule has 1 aromatic carbocycles. The van der Waals surface area contributed by atoms with Crippen molar-refractivity contribution in [3.8, 4) is 6.07 Å². The Bertz CT molecular complexity index is 615. The molecule has 0 aliphatic heterocycles. The summed E-state index contributed by atoms with van der Waals surface area (Å²) in [6.07, 6.45) is 5.46. The largest absolute Gasteiger partial charge is 0.381 e. The van der Waals surface area contributed by atoms with Gasteiger partial charge in [0.1, 0.15) is 0 Å². The first-order valence-corrected chi connectivity index (χ1v) is 7.45. The third-order valence-electron chi connectivity index (χ3n) is 3.68. The van der Waals surface area contributed by atoms with Gasteiger partial charge in [-0.2, -0.15) is 5.26 Å². The van der Waals surface area contributed by atoms with Crippen molar-refractivity contribution in [2.75, 3.05) is 5.32 Å². The van der Waals surface area contributed by atoms with Gasteiger partial charge in [0, 0.05) is 31.2 Å².